The summed E-state index contributed by atoms with van der Waals surface area (Å²) in [5.74, 6) is 0.699. The van der Waals surface area contributed by atoms with Gasteiger partial charge in [0.2, 0.25) is 0 Å². The number of benzene rings is 1. The first-order valence-corrected chi connectivity index (χ1v) is 7.19. The lowest BCUT2D eigenvalue weighted by Crippen LogP contribution is -2.04. The lowest BCUT2D eigenvalue weighted by atomic mass is 9.90. The van der Waals surface area contributed by atoms with Crippen molar-refractivity contribution >= 4 is 0 Å². The first-order valence-electron chi connectivity index (χ1n) is 7.19. The predicted octanol–water partition coefficient (Wildman–Crippen LogP) is 5.64. The second kappa shape index (κ2) is 8.53. The van der Waals surface area contributed by atoms with Crippen molar-refractivity contribution in [2.75, 3.05) is 0 Å². The Labute approximate surface area is 118 Å². The van der Waals surface area contributed by atoms with Crippen molar-refractivity contribution in [3.63, 3.8) is 0 Å². The number of rotatable bonds is 7. The van der Waals surface area contributed by atoms with Crippen LogP contribution in [0.2, 0.25) is 0 Å². The minimum atomic E-state index is 0.699. The summed E-state index contributed by atoms with van der Waals surface area (Å²) in [4.78, 5) is 0. The van der Waals surface area contributed by atoms with Crippen molar-refractivity contribution in [2.24, 2.45) is 5.92 Å². The SMILES string of the molecule is C=C/C=C(\C=C/C)CC(CC)Cc1ccc(C)cc1. The van der Waals surface area contributed by atoms with E-state index in [1.165, 1.54) is 23.1 Å². The predicted molar refractivity (Wildman–Crippen MR) is 86.4 cm³/mol. The van der Waals surface area contributed by atoms with Gasteiger partial charge >= 0.3 is 0 Å². The molecule has 0 fully saturated rings. The van der Waals surface area contributed by atoms with Crippen molar-refractivity contribution in [1.29, 1.82) is 0 Å². The molecule has 0 bridgehead atoms. The van der Waals surface area contributed by atoms with Crippen LogP contribution in [0, 0.1) is 12.8 Å². The molecule has 0 nitrogen and oxygen atoms in total. The van der Waals surface area contributed by atoms with Crippen LogP contribution < -0.4 is 0 Å². The summed E-state index contributed by atoms with van der Waals surface area (Å²) >= 11 is 0. The van der Waals surface area contributed by atoms with Gasteiger partial charge in [0.1, 0.15) is 0 Å². The fraction of sp³-hybridized carbons (Fsp3) is 0.368. The van der Waals surface area contributed by atoms with Crippen molar-refractivity contribution in [1.82, 2.24) is 0 Å². The monoisotopic (exact) mass is 254 g/mol. The molecule has 0 N–H and O–H groups in total. The summed E-state index contributed by atoms with van der Waals surface area (Å²) < 4.78 is 0. The van der Waals surface area contributed by atoms with Crippen molar-refractivity contribution in [3.05, 3.63) is 71.8 Å². The van der Waals surface area contributed by atoms with Crippen LogP contribution >= 0.6 is 0 Å². The van der Waals surface area contributed by atoms with E-state index in [2.05, 4.69) is 69.8 Å². The summed E-state index contributed by atoms with van der Waals surface area (Å²) in [6, 6.07) is 8.91. The Morgan fingerprint density at radius 2 is 1.95 bits per heavy atom. The van der Waals surface area contributed by atoms with Crippen LogP contribution in [-0.4, -0.2) is 0 Å². The number of allylic oxidation sites excluding steroid dienone is 5. The normalized spacial score (nSPS) is 13.7. The molecule has 0 saturated carbocycles. The molecule has 0 spiro atoms. The number of aryl methyl sites for hydroxylation is 1. The van der Waals surface area contributed by atoms with Gasteiger partial charge in [-0.3, -0.25) is 0 Å². The average molecular weight is 254 g/mol. The van der Waals surface area contributed by atoms with Crippen LogP contribution in [0.15, 0.2) is 60.7 Å². The topological polar surface area (TPSA) is 0 Å². The first kappa shape index (κ1) is 15.5. The largest absolute Gasteiger partial charge is 0.0991 e. The summed E-state index contributed by atoms with van der Waals surface area (Å²) in [5, 5.41) is 0. The fourth-order valence-corrected chi connectivity index (χ4v) is 2.31. The zero-order valence-electron chi connectivity index (χ0n) is 12.5. The van der Waals surface area contributed by atoms with E-state index < -0.39 is 0 Å². The Morgan fingerprint density at radius 3 is 2.47 bits per heavy atom. The molecular weight excluding hydrogens is 228 g/mol. The molecule has 0 heterocycles. The molecule has 19 heavy (non-hydrogen) atoms. The number of hydrogen-bond acceptors (Lipinski definition) is 0. The Kier molecular flexibility index (Phi) is 6.95. The lowest BCUT2D eigenvalue weighted by Gasteiger charge is -2.15. The van der Waals surface area contributed by atoms with Gasteiger partial charge in [0.05, 0.1) is 0 Å². The molecule has 0 saturated heterocycles. The van der Waals surface area contributed by atoms with Crippen LogP contribution in [0.5, 0.6) is 0 Å². The minimum absolute atomic E-state index is 0.699. The van der Waals surface area contributed by atoms with Gasteiger partial charge < -0.3 is 0 Å². The molecule has 0 amide bonds. The maximum Gasteiger partial charge on any atom is -0.0247 e. The van der Waals surface area contributed by atoms with Gasteiger partial charge in [0, 0.05) is 0 Å². The highest BCUT2D eigenvalue weighted by Gasteiger charge is 2.09. The van der Waals surface area contributed by atoms with E-state index in [1.807, 2.05) is 6.08 Å². The summed E-state index contributed by atoms with van der Waals surface area (Å²) in [6.45, 7) is 10.3. The Morgan fingerprint density at radius 1 is 1.26 bits per heavy atom. The Hall–Kier alpha value is -1.56. The zero-order valence-corrected chi connectivity index (χ0v) is 12.5. The molecule has 0 aromatic heterocycles. The van der Waals surface area contributed by atoms with E-state index in [9.17, 15) is 0 Å². The molecule has 0 aliphatic rings. The van der Waals surface area contributed by atoms with E-state index in [-0.39, 0.29) is 0 Å². The van der Waals surface area contributed by atoms with Crippen LogP contribution in [0.1, 0.15) is 37.8 Å². The summed E-state index contributed by atoms with van der Waals surface area (Å²) in [6.07, 6.45) is 11.8. The molecule has 102 valence electrons. The van der Waals surface area contributed by atoms with Crippen LogP contribution in [0.25, 0.3) is 0 Å². The van der Waals surface area contributed by atoms with Crippen LogP contribution in [0.3, 0.4) is 0 Å². The van der Waals surface area contributed by atoms with Gasteiger partial charge in [-0.15, -0.1) is 0 Å². The van der Waals surface area contributed by atoms with Gasteiger partial charge in [-0.2, -0.15) is 0 Å². The fourth-order valence-electron chi connectivity index (χ4n) is 2.31. The van der Waals surface area contributed by atoms with Crippen LogP contribution in [0.4, 0.5) is 0 Å². The molecule has 0 aliphatic carbocycles. The van der Waals surface area contributed by atoms with Crippen molar-refractivity contribution in [3.8, 4) is 0 Å². The zero-order chi connectivity index (χ0) is 14.1. The highest BCUT2D eigenvalue weighted by Crippen LogP contribution is 2.21. The van der Waals surface area contributed by atoms with Gasteiger partial charge in [-0.1, -0.05) is 74.1 Å². The summed E-state index contributed by atoms with van der Waals surface area (Å²) in [5.41, 5.74) is 4.14. The average Bonchev–Trinajstić information content (AvgIpc) is 2.41. The molecule has 1 atom stereocenters. The second-order valence-corrected chi connectivity index (χ2v) is 5.15. The molecule has 1 rings (SSSR count). The maximum atomic E-state index is 3.80. The molecule has 1 aromatic carbocycles. The molecule has 1 aromatic rings. The lowest BCUT2D eigenvalue weighted by molar-refractivity contribution is 0.506. The van der Waals surface area contributed by atoms with Gasteiger partial charge in [0.15, 0.2) is 0 Å². The van der Waals surface area contributed by atoms with Crippen molar-refractivity contribution < 1.29 is 0 Å². The Bertz CT molecular complexity index is 432. The van der Waals surface area contributed by atoms with Crippen LogP contribution in [-0.2, 0) is 6.42 Å². The molecule has 1 unspecified atom stereocenters. The first-order chi connectivity index (χ1) is 9.19. The number of hydrogen-bond donors (Lipinski definition) is 0. The molecular formula is C19H26. The third-order valence-electron chi connectivity index (χ3n) is 3.46. The van der Waals surface area contributed by atoms with Gasteiger partial charge in [-0.25, -0.2) is 0 Å². The third-order valence-corrected chi connectivity index (χ3v) is 3.46. The van der Waals surface area contributed by atoms with Gasteiger partial charge in [-0.05, 0) is 43.7 Å². The molecule has 0 heteroatoms. The second-order valence-electron chi connectivity index (χ2n) is 5.15. The molecule has 0 radical (unpaired) electrons. The smallest absolute Gasteiger partial charge is 0.0247 e. The Balaban J connectivity index is 2.69. The van der Waals surface area contributed by atoms with E-state index in [0.29, 0.717) is 5.92 Å². The third kappa shape index (κ3) is 5.74. The van der Waals surface area contributed by atoms with Gasteiger partial charge in [0.25, 0.3) is 0 Å². The minimum Gasteiger partial charge on any atom is -0.0991 e. The quantitative estimate of drug-likeness (QED) is 0.552. The highest BCUT2D eigenvalue weighted by atomic mass is 14.1. The highest BCUT2D eigenvalue weighted by molar-refractivity contribution is 5.25. The van der Waals surface area contributed by atoms with Crippen molar-refractivity contribution in [2.45, 2.75) is 40.0 Å². The summed E-state index contributed by atoms with van der Waals surface area (Å²) in [7, 11) is 0. The van der Waals surface area contributed by atoms with E-state index in [4.69, 9.17) is 0 Å². The maximum absolute atomic E-state index is 3.80. The standard InChI is InChI=1S/C19H26/c1-5-8-18(9-6-2)14-17(7-3)15-19-12-10-16(4)11-13-19/h5-6,8-13,17H,1,7,14-15H2,2-4H3/b9-6-,18-8+. The van der Waals surface area contributed by atoms with E-state index in [0.717, 1.165) is 12.8 Å². The molecule has 0 aliphatic heterocycles. The van der Waals surface area contributed by atoms with E-state index in [1.54, 1.807) is 0 Å². The van der Waals surface area contributed by atoms with E-state index >= 15 is 0 Å².